The molecule has 1 aromatic heterocycles. The molecular weight excluding hydrogens is 234 g/mol. The highest BCUT2D eigenvalue weighted by Crippen LogP contribution is 2.34. The van der Waals surface area contributed by atoms with Crippen LogP contribution in [0.3, 0.4) is 0 Å². The smallest absolute Gasteiger partial charge is 0.346 e. The topological polar surface area (TPSA) is 90.2 Å². The van der Waals surface area contributed by atoms with Gasteiger partial charge in [0.2, 0.25) is 0 Å². The average Bonchev–Trinajstić information content (AvgIpc) is 2.38. The lowest BCUT2D eigenvalue weighted by Gasteiger charge is -2.11. The van der Waals surface area contributed by atoms with E-state index in [0.717, 1.165) is 0 Å². The van der Waals surface area contributed by atoms with Crippen molar-refractivity contribution < 1.29 is 9.47 Å². The molecule has 1 aromatic carbocycles. The molecule has 2 rings (SSSR count). The fraction of sp³-hybridized carbons (Fsp3) is 0.167. The lowest BCUT2D eigenvalue weighted by Crippen LogP contribution is -2.12. The van der Waals surface area contributed by atoms with Crippen molar-refractivity contribution in [2.24, 2.45) is 0 Å². The third kappa shape index (κ3) is 2.13. The zero-order valence-corrected chi connectivity index (χ0v) is 10.1. The molecule has 0 saturated carbocycles. The van der Waals surface area contributed by atoms with Gasteiger partial charge in [-0.3, -0.25) is 4.98 Å². The Labute approximate surface area is 103 Å². The highest BCUT2D eigenvalue weighted by atomic mass is 16.5. The Balaban J connectivity index is 2.64. The number of hydrogen-bond donors (Lipinski definition) is 2. The molecule has 0 aliphatic rings. The zero-order valence-electron chi connectivity index (χ0n) is 10.1. The van der Waals surface area contributed by atoms with E-state index in [1.54, 1.807) is 32.4 Å². The summed E-state index contributed by atoms with van der Waals surface area (Å²) in [6, 6.07) is 5.31. The van der Waals surface area contributed by atoms with Gasteiger partial charge in [-0.05, 0) is 18.2 Å². The predicted octanol–water partition coefficient (Wildman–Crippen LogP) is 1.04. The van der Waals surface area contributed by atoms with Crippen LogP contribution in [0.2, 0.25) is 0 Å². The Bertz CT molecular complexity index is 622. The van der Waals surface area contributed by atoms with Crippen molar-refractivity contribution in [1.29, 1.82) is 0 Å². The van der Waals surface area contributed by atoms with Crippen molar-refractivity contribution in [3.63, 3.8) is 0 Å². The molecule has 0 saturated heterocycles. The number of nitrogens with two attached hydrogens (primary N) is 1. The van der Waals surface area contributed by atoms with Crippen LogP contribution in [-0.2, 0) is 0 Å². The molecule has 3 N–H and O–H groups in total. The van der Waals surface area contributed by atoms with E-state index >= 15 is 0 Å². The standard InChI is InChI=1S/C12H13N3O3/c1-17-7-3-4-10(18-2)8(5-7)9-6-14-12(16)15-11(9)13/h3-6H,1-2H3,(H3,13,14,15,16). The average molecular weight is 247 g/mol. The Morgan fingerprint density at radius 3 is 2.61 bits per heavy atom. The highest BCUT2D eigenvalue weighted by Gasteiger charge is 2.11. The lowest BCUT2D eigenvalue weighted by atomic mass is 10.1. The van der Waals surface area contributed by atoms with Crippen LogP contribution in [-0.4, -0.2) is 24.2 Å². The third-order valence-corrected chi connectivity index (χ3v) is 2.54. The molecule has 0 radical (unpaired) electrons. The monoisotopic (exact) mass is 247 g/mol. The van der Waals surface area contributed by atoms with Gasteiger partial charge in [-0.1, -0.05) is 0 Å². The van der Waals surface area contributed by atoms with E-state index in [0.29, 0.717) is 22.6 Å². The summed E-state index contributed by atoms with van der Waals surface area (Å²) in [5.74, 6) is 1.52. The summed E-state index contributed by atoms with van der Waals surface area (Å²) in [7, 11) is 3.13. The summed E-state index contributed by atoms with van der Waals surface area (Å²) in [4.78, 5) is 17.1. The minimum absolute atomic E-state index is 0.238. The first-order valence-electron chi connectivity index (χ1n) is 5.23. The number of H-pyrrole nitrogens is 1. The van der Waals surface area contributed by atoms with E-state index in [2.05, 4.69) is 9.97 Å². The van der Waals surface area contributed by atoms with Crippen LogP contribution in [0, 0.1) is 0 Å². The van der Waals surface area contributed by atoms with Gasteiger partial charge in [0.05, 0.1) is 14.2 Å². The van der Waals surface area contributed by atoms with Gasteiger partial charge >= 0.3 is 5.69 Å². The number of aromatic nitrogens is 2. The first kappa shape index (κ1) is 12.0. The number of nitrogen functional groups attached to an aromatic ring is 1. The summed E-state index contributed by atoms with van der Waals surface area (Å²) in [6.45, 7) is 0. The maximum absolute atomic E-state index is 11.0. The van der Waals surface area contributed by atoms with E-state index < -0.39 is 5.69 Å². The van der Waals surface area contributed by atoms with E-state index in [1.807, 2.05) is 0 Å². The van der Waals surface area contributed by atoms with E-state index in [4.69, 9.17) is 15.2 Å². The minimum atomic E-state index is -0.488. The Kier molecular flexibility index (Phi) is 3.18. The molecule has 0 atom stereocenters. The SMILES string of the molecule is COc1ccc(OC)c(-c2cnc(=O)[nH]c2N)c1. The number of methoxy groups -OCH3 is 2. The van der Waals surface area contributed by atoms with Crippen LogP contribution >= 0.6 is 0 Å². The maximum Gasteiger partial charge on any atom is 0.346 e. The Morgan fingerprint density at radius 2 is 2.00 bits per heavy atom. The van der Waals surface area contributed by atoms with Crippen LogP contribution in [0.25, 0.3) is 11.1 Å². The molecular formula is C12H13N3O3. The zero-order chi connectivity index (χ0) is 13.1. The molecule has 0 amide bonds. The second-order valence-corrected chi connectivity index (χ2v) is 3.58. The first-order valence-corrected chi connectivity index (χ1v) is 5.23. The summed E-state index contributed by atoms with van der Waals surface area (Å²) >= 11 is 0. The van der Waals surface area contributed by atoms with Crippen molar-refractivity contribution in [2.75, 3.05) is 20.0 Å². The number of hydrogen-bond acceptors (Lipinski definition) is 5. The minimum Gasteiger partial charge on any atom is -0.497 e. The molecule has 18 heavy (non-hydrogen) atoms. The van der Waals surface area contributed by atoms with Crippen molar-refractivity contribution in [2.45, 2.75) is 0 Å². The number of aromatic amines is 1. The second-order valence-electron chi connectivity index (χ2n) is 3.58. The number of benzene rings is 1. The first-order chi connectivity index (χ1) is 8.65. The molecule has 6 nitrogen and oxygen atoms in total. The van der Waals surface area contributed by atoms with Crippen LogP contribution in [0.4, 0.5) is 5.82 Å². The second kappa shape index (κ2) is 4.79. The number of rotatable bonds is 3. The summed E-state index contributed by atoms with van der Waals surface area (Å²) < 4.78 is 10.4. The largest absolute Gasteiger partial charge is 0.497 e. The van der Waals surface area contributed by atoms with Crippen LogP contribution in [0.15, 0.2) is 29.2 Å². The normalized spacial score (nSPS) is 10.1. The fourth-order valence-electron chi connectivity index (χ4n) is 1.65. The molecule has 0 fully saturated rings. The Morgan fingerprint density at radius 1 is 1.22 bits per heavy atom. The molecule has 0 aliphatic heterocycles. The molecule has 0 spiro atoms. The fourth-order valence-corrected chi connectivity index (χ4v) is 1.65. The van der Waals surface area contributed by atoms with Crippen molar-refractivity contribution in [1.82, 2.24) is 9.97 Å². The van der Waals surface area contributed by atoms with Crippen molar-refractivity contribution in [3.05, 3.63) is 34.9 Å². The van der Waals surface area contributed by atoms with Gasteiger partial charge in [-0.15, -0.1) is 0 Å². The van der Waals surface area contributed by atoms with Gasteiger partial charge in [-0.25, -0.2) is 9.78 Å². The van der Waals surface area contributed by atoms with E-state index in [9.17, 15) is 4.79 Å². The van der Waals surface area contributed by atoms with Crippen LogP contribution in [0.1, 0.15) is 0 Å². The highest BCUT2D eigenvalue weighted by molar-refractivity contribution is 5.78. The number of nitrogens with zero attached hydrogens (tertiary/aromatic N) is 1. The maximum atomic E-state index is 11.0. The van der Waals surface area contributed by atoms with Gasteiger partial charge in [0.15, 0.2) is 0 Å². The van der Waals surface area contributed by atoms with Crippen LogP contribution in [0.5, 0.6) is 11.5 Å². The van der Waals surface area contributed by atoms with Crippen molar-refractivity contribution >= 4 is 5.82 Å². The van der Waals surface area contributed by atoms with Gasteiger partial charge in [0, 0.05) is 17.3 Å². The predicted molar refractivity (Wildman–Crippen MR) is 67.8 cm³/mol. The number of nitrogens with one attached hydrogen (secondary N) is 1. The lowest BCUT2D eigenvalue weighted by molar-refractivity contribution is 0.404. The Hall–Kier alpha value is -2.50. The third-order valence-electron chi connectivity index (χ3n) is 2.54. The van der Waals surface area contributed by atoms with Gasteiger partial charge < -0.3 is 15.2 Å². The van der Waals surface area contributed by atoms with Gasteiger partial charge in [-0.2, -0.15) is 0 Å². The quantitative estimate of drug-likeness (QED) is 0.845. The molecule has 0 unspecified atom stereocenters. The van der Waals surface area contributed by atoms with Gasteiger partial charge in [0.25, 0.3) is 0 Å². The van der Waals surface area contributed by atoms with Gasteiger partial charge in [0.1, 0.15) is 17.3 Å². The molecule has 94 valence electrons. The molecule has 2 aromatic rings. The molecule has 1 heterocycles. The van der Waals surface area contributed by atoms with E-state index in [1.165, 1.54) is 6.20 Å². The molecule has 0 bridgehead atoms. The summed E-state index contributed by atoms with van der Waals surface area (Å²) in [5, 5.41) is 0. The van der Waals surface area contributed by atoms with Crippen LogP contribution < -0.4 is 20.9 Å². The number of anilines is 1. The van der Waals surface area contributed by atoms with Crippen molar-refractivity contribution in [3.8, 4) is 22.6 Å². The summed E-state index contributed by atoms with van der Waals surface area (Å²) in [5.41, 5.74) is 6.58. The molecule has 0 aliphatic carbocycles. The van der Waals surface area contributed by atoms with E-state index in [-0.39, 0.29) is 5.82 Å². The molecule has 6 heteroatoms. The number of ether oxygens (including phenoxy) is 2. The summed E-state index contributed by atoms with van der Waals surface area (Å²) in [6.07, 6.45) is 1.41.